The van der Waals surface area contributed by atoms with Gasteiger partial charge in [-0.1, -0.05) is 30.3 Å². The van der Waals surface area contributed by atoms with E-state index in [1.165, 1.54) is 11.3 Å². The molecule has 44 heavy (non-hydrogen) atoms. The number of benzene rings is 2. The van der Waals surface area contributed by atoms with E-state index in [0.717, 1.165) is 33.2 Å². The lowest BCUT2D eigenvalue weighted by Crippen LogP contribution is -2.27. The molecule has 5 rings (SSSR count). The number of aryl methyl sites for hydroxylation is 1. The minimum absolute atomic E-state index is 0.0198. The summed E-state index contributed by atoms with van der Waals surface area (Å²) in [5, 5.41) is 8.73. The van der Waals surface area contributed by atoms with Crippen LogP contribution in [0.4, 0.5) is 23.1 Å². The van der Waals surface area contributed by atoms with E-state index in [1.807, 2.05) is 47.2 Å². The van der Waals surface area contributed by atoms with Crippen molar-refractivity contribution >= 4 is 51.1 Å². The van der Waals surface area contributed by atoms with Gasteiger partial charge in [-0.2, -0.15) is 13.2 Å². The molecule has 4 N–H and O–H groups in total. The molecule has 2 amide bonds. The number of carbonyl (C=O) groups excluding carboxylic acids is 2. The first-order valence-electron chi connectivity index (χ1n) is 14.1. The Morgan fingerprint density at radius 1 is 1.14 bits per heavy atom. The average Bonchev–Trinajstić information content (AvgIpc) is 3.33. The van der Waals surface area contributed by atoms with Gasteiger partial charge in [0.15, 0.2) is 5.13 Å². The van der Waals surface area contributed by atoms with Gasteiger partial charge < -0.3 is 20.4 Å². The maximum absolute atomic E-state index is 12.9. The van der Waals surface area contributed by atoms with Crippen molar-refractivity contribution in [3.63, 3.8) is 0 Å². The minimum atomic E-state index is -4.22. The van der Waals surface area contributed by atoms with Gasteiger partial charge in [0.05, 0.1) is 22.7 Å². The summed E-state index contributed by atoms with van der Waals surface area (Å²) in [5.41, 5.74) is 10.5. The van der Waals surface area contributed by atoms with E-state index >= 15 is 0 Å². The number of nitrogens with two attached hydrogens (primary N) is 1. The van der Waals surface area contributed by atoms with Crippen molar-refractivity contribution in [3.05, 3.63) is 70.9 Å². The summed E-state index contributed by atoms with van der Waals surface area (Å²) in [7, 11) is 0. The van der Waals surface area contributed by atoms with Crippen molar-refractivity contribution in [3.8, 4) is 11.1 Å². The van der Waals surface area contributed by atoms with Gasteiger partial charge in [-0.15, -0.1) is 23.1 Å². The monoisotopic (exact) mass is 645 g/mol. The van der Waals surface area contributed by atoms with Gasteiger partial charge in [0.1, 0.15) is 5.60 Å². The topological polar surface area (TPSA) is 111 Å². The van der Waals surface area contributed by atoms with E-state index in [4.69, 9.17) is 10.5 Å². The Morgan fingerprint density at radius 2 is 1.91 bits per heavy atom. The molecule has 0 saturated carbocycles. The molecule has 3 heterocycles. The molecule has 1 aliphatic heterocycles. The van der Waals surface area contributed by atoms with Crippen molar-refractivity contribution in [2.75, 3.05) is 5.32 Å². The molecule has 2 unspecified atom stereocenters. The predicted octanol–water partition coefficient (Wildman–Crippen LogP) is 7.39. The highest BCUT2D eigenvalue weighted by Crippen LogP contribution is 2.52. The second-order valence-corrected chi connectivity index (χ2v) is 13.9. The lowest BCUT2D eigenvalue weighted by Gasteiger charge is -2.18. The number of hydrogen-bond donors (Lipinski definition) is 3. The van der Waals surface area contributed by atoms with Crippen LogP contribution in [0.15, 0.2) is 54.0 Å². The zero-order valence-electron chi connectivity index (χ0n) is 24.5. The van der Waals surface area contributed by atoms with E-state index in [9.17, 15) is 22.8 Å². The molecule has 1 fully saturated rings. The summed E-state index contributed by atoms with van der Waals surface area (Å²) in [6, 6.07) is 13.9. The number of hydrogen-bond acceptors (Lipinski definition) is 7. The number of anilines is 1. The van der Waals surface area contributed by atoms with Crippen LogP contribution in [0.3, 0.4) is 0 Å². The number of fused-ring (bicyclic) bond motifs is 1. The van der Waals surface area contributed by atoms with E-state index < -0.39 is 24.3 Å². The van der Waals surface area contributed by atoms with E-state index in [-0.39, 0.29) is 42.5 Å². The van der Waals surface area contributed by atoms with Crippen LogP contribution in [0.5, 0.6) is 0 Å². The smallest absolute Gasteiger partial charge is 0.413 e. The predicted molar refractivity (Wildman–Crippen MR) is 168 cm³/mol. The molecule has 4 aromatic rings. The number of thioether (sulfide) groups is 1. The number of thiazole rings is 1. The van der Waals surface area contributed by atoms with Crippen molar-refractivity contribution in [2.45, 2.75) is 75.5 Å². The molecule has 2 atom stereocenters. The summed E-state index contributed by atoms with van der Waals surface area (Å²) in [5.74, 6) is -0.256. The first-order chi connectivity index (χ1) is 20.7. The van der Waals surface area contributed by atoms with E-state index in [1.54, 1.807) is 37.9 Å². The minimum Gasteiger partial charge on any atom is -0.444 e. The molecule has 0 aliphatic carbocycles. The third-order valence-corrected chi connectivity index (χ3v) is 8.79. The van der Waals surface area contributed by atoms with Crippen molar-refractivity contribution in [1.29, 1.82) is 0 Å². The number of nitrogens with one attached hydrogen (secondary N) is 2. The van der Waals surface area contributed by atoms with Gasteiger partial charge in [-0.25, -0.2) is 9.78 Å². The van der Waals surface area contributed by atoms with Crippen LogP contribution in [-0.4, -0.2) is 38.7 Å². The highest BCUT2D eigenvalue weighted by Gasteiger charge is 2.36. The SMILES string of the molecule is CC(C)(C)OC(=O)Nc1nc(CC(=O)NCc2ccc3c(-c4cccc(C5SC5N)c4)cn(CCCC(F)(F)F)c3c2)cs1. The number of amides is 2. The highest BCUT2D eigenvalue weighted by molar-refractivity contribution is 8.07. The quantitative estimate of drug-likeness (QED) is 0.155. The van der Waals surface area contributed by atoms with Gasteiger partial charge in [0.25, 0.3) is 0 Å². The summed E-state index contributed by atoms with van der Waals surface area (Å²) >= 11 is 2.89. The molecule has 2 aromatic heterocycles. The number of alkyl halides is 3. The zero-order valence-corrected chi connectivity index (χ0v) is 26.2. The molecule has 8 nitrogen and oxygen atoms in total. The van der Waals surface area contributed by atoms with Gasteiger partial charge >= 0.3 is 12.3 Å². The van der Waals surface area contributed by atoms with Crippen LogP contribution in [-0.2, 0) is 29.0 Å². The second-order valence-electron chi connectivity index (χ2n) is 11.7. The number of aromatic nitrogens is 2. The summed E-state index contributed by atoms with van der Waals surface area (Å²) in [4.78, 5) is 29.0. The average molecular weight is 646 g/mol. The zero-order chi connectivity index (χ0) is 31.6. The summed E-state index contributed by atoms with van der Waals surface area (Å²) in [6.45, 7) is 5.72. The molecule has 0 spiro atoms. The highest BCUT2D eigenvalue weighted by atomic mass is 32.2. The number of carbonyl (C=O) groups is 2. The fourth-order valence-electron chi connectivity index (χ4n) is 4.85. The Bertz CT molecular complexity index is 1660. The van der Waals surface area contributed by atoms with Crippen molar-refractivity contribution < 1.29 is 27.5 Å². The van der Waals surface area contributed by atoms with Crippen LogP contribution in [0.1, 0.15) is 55.7 Å². The molecule has 13 heteroatoms. The number of ether oxygens (including phenoxy) is 1. The largest absolute Gasteiger partial charge is 0.444 e. The third kappa shape index (κ3) is 8.54. The number of rotatable bonds is 10. The standard InChI is InChI=1S/C31H34F3N5O3S2/c1-30(2,3)42-29(41)38-28-37-21(17-43-28)14-25(40)36-15-18-8-9-22-23(19-6-4-7-20(13-19)26-27(35)44-26)16-39(24(22)12-18)11-5-10-31(32,33)34/h4,6-9,12-13,16-17,26-27H,5,10-11,14-15,35H2,1-3H3,(H,36,40)(H,37,38,41). The van der Waals surface area contributed by atoms with Crippen molar-refractivity contribution in [2.24, 2.45) is 5.73 Å². The lowest BCUT2D eigenvalue weighted by molar-refractivity contribution is -0.135. The Morgan fingerprint density at radius 3 is 2.61 bits per heavy atom. The fourth-order valence-corrected chi connectivity index (χ4v) is 6.26. The maximum Gasteiger partial charge on any atom is 0.413 e. The number of halogens is 3. The Labute approximate surface area is 261 Å². The van der Waals surface area contributed by atoms with Crippen LogP contribution in [0.25, 0.3) is 22.0 Å². The Balaban J connectivity index is 1.28. The van der Waals surface area contributed by atoms with Gasteiger partial charge in [0.2, 0.25) is 5.91 Å². The maximum atomic E-state index is 12.9. The summed E-state index contributed by atoms with van der Waals surface area (Å²) < 4.78 is 45.9. The van der Waals surface area contributed by atoms with E-state index in [2.05, 4.69) is 21.7 Å². The normalized spacial score (nSPS) is 16.6. The van der Waals surface area contributed by atoms with Gasteiger partial charge in [0, 0.05) is 47.6 Å². The van der Waals surface area contributed by atoms with Crippen LogP contribution in [0, 0.1) is 0 Å². The first-order valence-corrected chi connectivity index (χ1v) is 16.0. The van der Waals surface area contributed by atoms with Crippen LogP contribution < -0.4 is 16.4 Å². The molecule has 0 radical (unpaired) electrons. The van der Waals surface area contributed by atoms with E-state index in [0.29, 0.717) is 10.8 Å². The number of nitrogens with zero attached hydrogens (tertiary/aromatic N) is 2. The molecular formula is C31H34F3N5O3S2. The second kappa shape index (κ2) is 12.8. The molecule has 1 aliphatic rings. The van der Waals surface area contributed by atoms with Gasteiger partial charge in [-0.3, -0.25) is 10.1 Å². The third-order valence-electron chi connectivity index (χ3n) is 6.85. The van der Waals surface area contributed by atoms with Crippen LogP contribution in [0.2, 0.25) is 0 Å². The molecule has 234 valence electrons. The Hall–Kier alpha value is -3.55. The molecule has 1 saturated heterocycles. The molecular weight excluding hydrogens is 612 g/mol. The van der Waals surface area contributed by atoms with Gasteiger partial charge in [-0.05, 0) is 56.0 Å². The van der Waals surface area contributed by atoms with Crippen molar-refractivity contribution in [1.82, 2.24) is 14.9 Å². The lowest BCUT2D eigenvalue weighted by atomic mass is 10.0. The molecule has 2 aromatic carbocycles. The summed E-state index contributed by atoms with van der Waals surface area (Å²) in [6.07, 6.45) is -3.82. The Kier molecular flexibility index (Phi) is 9.28. The molecule has 0 bridgehead atoms. The van der Waals surface area contributed by atoms with Crippen LogP contribution >= 0.6 is 23.1 Å². The fraction of sp³-hybridized carbons (Fsp3) is 0.387. The first kappa shape index (κ1) is 31.9.